The molecule has 0 aromatic rings. The van der Waals surface area contributed by atoms with Gasteiger partial charge in [0.2, 0.25) is 0 Å². The molecular formula is C11H19NO3. The Bertz CT molecular complexity index is 210. The molecule has 0 heterocycles. The van der Waals surface area contributed by atoms with Crippen molar-refractivity contribution in [2.75, 3.05) is 26.4 Å². The van der Waals surface area contributed by atoms with Crippen LogP contribution in [0.4, 0.5) is 0 Å². The summed E-state index contributed by atoms with van der Waals surface area (Å²) >= 11 is 0. The van der Waals surface area contributed by atoms with Gasteiger partial charge in [0.1, 0.15) is 6.61 Å². The summed E-state index contributed by atoms with van der Waals surface area (Å²) in [6.45, 7) is 5.26. The first-order valence-corrected chi connectivity index (χ1v) is 5.17. The molecule has 1 atom stereocenters. The van der Waals surface area contributed by atoms with Crippen LogP contribution in [0.5, 0.6) is 0 Å². The summed E-state index contributed by atoms with van der Waals surface area (Å²) in [6, 6.07) is 0.0798. The Morgan fingerprint density at radius 1 is 1.53 bits per heavy atom. The molecule has 0 aromatic heterocycles. The monoisotopic (exact) mass is 213 g/mol. The van der Waals surface area contributed by atoms with Crippen molar-refractivity contribution >= 4 is 5.97 Å². The van der Waals surface area contributed by atoms with Crippen molar-refractivity contribution in [3.05, 3.63) is 0 Å². The Morgan fingerprint density at radius 2 is 2.27 bits per heavy atom. The van der Waals surface area contributed by atoms with Crippen LogP contribution in [0, 0.1) is 12.3 Å². The van der Waals surface area contributed by atoms with Gasteiger partial charge >= 0.3 is 5.97 Å². The number of nitrogens with one attached hydrogen (secondary N) is 1. The number of carbonyl (C=O) groups is 1. The van der Waals surface area contributed by atoms with Crippen molar-refractivity contribution < 1.29 is 14.3 Å². The largest absolute Gasteiger partial charge is 0.464 e. The summed E-state index contributed by atoms with van der Waals surface area (Å²) in [5, 5.41) is 3.11. The third-order valence-electron chi connectivity index (χ3n) is 1.77. The van der Waals surface area contributed by atoms with Crippen LogP contribution in [0.2, 0.25) is 0 Å². The second kappa shape index (κ2) is 9.50. The lowest BCUT2D eigenvalue weighted by molar-refractivity contribution is -0.148. The average Bonchev–Trinajstić information content (AvgIpc) is 2.24. The summed E-state index contributed by atoms with van der Waals surface area (Å²) in [6.07, 6.45) is 6.14. The van der Waals surface area contributed by atoms with Crippen molar-refractivity contribution in [3.8, 4) is 12.3 Å². The number of rotatable bonds is 8. The molecule has 0 fully saturated rings. The van der Waals surface area contributed by atoms with Gasteiger partial charge in [0.25, 0.3) is 0 Å². The molecule has 0 bridgehead atoms. The average molecular weight is 213 g/mol. The molecular weight excluding hydrogens is 194 g/mol. The van der Waals surface area contributed by atoms with E-state index in [9.17, 15) is 4.79 Å². The van der Waals surface area contributed by atoms with E-state index < -0.39 is 0 Å². The molecule has 4 heteroatoms. The maximum Gasteiger partial charge on any atom is 0.332 e. The molecule has 0 radical (unpaired) electrons. The van der Waals surface area contributed by atoms with Gasteiger partial charge in [-0.2, -0.15) is 0 Å². The van der Waals surface area contributed by atoms with Crippen molar-refractivity contribution in [1.29, 1.82) is 0 Å². The van der Waals surface area contributed by atoms with Crippen LogP contribution in [0.1, 0.15) is 20.3 Å². The molecule has 4 nitrogen and oxygen atoms in total. The standard InChI is InChI=1S/C11H19NO3/c1-4-10(5-2)12-7-8-14-9-11(13)15-6-3/h1,10,12H,5-9H2,2-3H3. The van der Waals surface area contributed by atoms with E-state index in [1.807, 2.05) is 6.92 Å². The van der Waals surface area contributed by atoms with Gasteiger partial charge in [-0.1, -0.05) is 12.8 Å². The third-order valence-corrected chi connectivity index (χ3v) is 1.77. The molecule has 0 aliphatic rings. The second-order valence-electron chi connectivity index (χ2n) is 2.94. The van der Waals surface area contributed by atoms with E-state index >= 15 is 0 Å². The highest BCUT2D eigenvalue weighted by atomic mass is 16.6. The highest BCUT2D eigenvalue weighted by Gasteiger charge is 2.02. The molecule has 0 spiro atoms. The lowest BCUT2D eigenvalue weighted by Crippen LogP contribution is -2.30. The Balaban J connectivity index is 3.32. The fourth-order valence-electron chi connectivity index (χ4n) is 0.985. The van der Waals surface area contributed by atoms with E-state index in [0.717, 1.165) is 6.42 Å². The van der Waals surface area contributed by atoms with Crippen LogP contribution in [0.3, 0.4) is 0 Å². The van der Waals surface area contributed by atoms with Crippen LogP contribution in [0.25, 0.3) is 0 Å². The fraction of sp³-hybridized carbons (Fsp3) is 0.727. The van der Waals surface area contributed by atoms with E-state index in [0.29, 0.717) is 19.8 Å². The Kier molecular flexibility index (Phi) is 8.84. The molecule has 1 unspecified atom stereocenters. The predicted molar refractivity (Wildman–Crippen MR) is 58.4 cm³/mol. The lowest BCUT2D eigenvalue weighted by Gasteiger charge is -2.10. The zero-order chi connectivity index (χ0) is 11.5. The molecule has 86 valence electrons. The molecule has 0 aliphatic heterocycles. The molecule has 0 saturated heterocycles. The second-order valence-corrected chi connectivity index (χ2v) is 2.94. The van der Waals surface area contributed by atoms with Gasteiger partial charge in [0.05, 0.1) is 19.3 Å². The number of hydrogen-bond donors (Lipinski definition) is 1. The van der Waals surface area contributed by atoms with Crippen LogP contribution >= 0.6 is 0 Å². The highest BCUT2D eigenvalue weighted by molar-refractivity contribution is 5.70. The first-order chi connectivity index (χ1) is 7.24. The summed E-state index contributed by atoms with van der Waals surface area (Å²) in [5.41, 5.74) is 0. The van der Waals surface area contributed by atoms with Crippen molar-refractivity contribution in [3.63, 3.8) is 0 Å². The van der Waals surface area contributed by atoms with Gasteiger partial charge in [0.15, 0.2) is 0 Å². The van der Waals surface area contributed by atoms with Crippen LogP contribution < -0.4 is 5.32 Å². The number of esters is 1. The smallest absolute Gasteiger partial charge is 0.332 e. The van der Waals surface area contributed by atoms with Crippen LogP contribution in [0.15, 0.2) is 0 Å². The van der Waals surface area contributed by atoms with Gasteiger partial charge < -0.3 is 14.8 Å². The number of hydrogen-bond acceptors (Lipinski definition) is 4. The van der Waals surface area contributed by atoms with Crippen LogP contribution in [-0.2, 0) is 14.3 Å². The molecule has 0 aliphatic carbocycles. The fourth-order valence-corrected chi connectivity index (χ4v) is 0.985. The van der Waals surface area contributed by atoms with Crippen molar-refractivity contribution in [2.45, 2.75) is 26.3 Å². The zero-order valence-electron chi connectivity index (χ0n) is 9.41. The first kappa shape index (κ1) is 13.9. The maximum atomic E-state index is 10.9. The summed E-state index contributed by atoms with van der Waals surface area (Å²) < 4.78 is 9.78. The first-order valence-electron chi connectivity index (χ1n) is 5.17. The Morgan fingerprint density at radius 3 is 2.80 bits per heavy atom. The Hall–Kier alpha value is -1.05. The minimum atomic E-state index is -0.332. The highest BCUT2D eigenvalue weighted by Crippen LogP contribution is 1.87. The SMILES string of the molecule is C#CC(CC)NCCOCC(=O)OCC. The normalized spacial score (nSPS) is 11.8. The van der Waals surface area contributed by atoms with Gasteiger partial charge in [-0.15, -0.1) is 6.42 Å². The predicted octanol–water partition coefficient (Wildman–Crippen LogP) is 0.567. The van der Waals surface area contributed by atoms with Gasteiger partial charge in [-0.05, 0) is 13.3 Å². The van der Waals surface area contributed by atoms with Crippen LogP contribution in [-0.4, -0.2) is 38.4 Å². The summed E-state index contributed by atoms with van der Waals surface area (Å²) in [4.78, 5) is 10.9. The minimum Gasteiger partial charge on any atom is -0.464 e. The Labute approximate surface area is 91.3 Å². The molecule has 1 N–H and O–H groups in total. The quantitative estimate of drug-likeness (QED) is 0.364. The van der Waals surface area contributed by atoms with Crippen molar-refractivity contribution in [2.24, 2.45) is 0 Å². The van der Waals surface area contributed by atoms with Gasteiger partial charge in [0, 0.05) is 6.54 Å². The minimum absolute atomic E-state index is 0.00235. The van der Waals surface area contributed by atoms with E-state index in [4.69, 9.17) is 15.9 Å². The van der Waals surface area contributed by atoms with Gasteiger partial charge in [-0.25, -0.2) is 4.79 Å². The maximum absolute atomic E-state index is 10.9. The molecule has 0 saturated carbocycles. The van der Waals surface area contributed by atoms with E-state index in [1.54, 1.807) is 6.92 Å². The van der Waals surface area contributed by atoms with E-state index in [2.05, 4.69) is 11.2 Å². The molecule has 0 amide bonds. The topological polar surface area (TPSA) is 47.6 Å². The number of ether oxygens (including phenoxy) is 2. The van der Waals surface area contributed by atoms with E-state index in [-0.39, 0.29) is 18.6 Å². The number of terminal acetylenes is 1. The van der Waals surface area contributed by atoms with E-state index in [1.165, 1.54) is 0 Å². The zero-order valence-corrected chi connectivity index (χ0v) is 9.41. The molecule has 0 aromatic carbocycles. The summed E-state index contributed by atoms with van der Waals surface area (Å²) in [5.74, 6) is 2.28. The summed E-state index contributed by atoms with van der Waals surface area (Å²) in [7, 11) is 0. The number of carbonyl (C=O) groups excluding carboxylic acids is 1. The van der Waals surface area contributed by atoms with Gasteiger partial charge in [-0.3, -0.25) is 0 Å². The van der Waals surface area contributed by atoms with Crippen molar-refractivity contribution in [1.82, 2.24) is 5.32 Å². The molecule has 0 rings (SSSR count). The lowest BCUT2D eigenvalue weighted by atomic mass is 10.2. The molecule has 15 heavy (non-hydrogen) atoms. The third kappa shape index (κ3) is 7.98.